The highest BCUT2D eigenvalue weighted by atomic mass is 16.5. The zero-order chi connectivity index (χ0) is 15.1. The second-order valence-electron chi connectivity index (χ2n) is 5.73. The topological polar surface area (TPSA) is 53.6 Å². The number of nitrogens with one attached hydrogen (secondary N) is 2. The minimum atomic E-state index is 0.0269. The van der Waals surface area contributed by atoms with Gasteiger partial charge in [-0.1, -0.05) is 12.1 Å². The zero-order valence-electron chi connectivity index (χ0n) is 12.9. The first-order valence-corrected chi connectivity index (χ1v) is 7.48. The maximum Gasteiger partial charge on any atom is 0.226 e. The fraction of sp³-hybridized carbons (Fsp3) is 0.562. The van der Waals surface area contributed by atoms with E-state index in [4.69, 9.17) is 4.74 Å². The number of hydrogen-bond acceptors (Lipinski definition) is 4. The molecule has 116 valence electrons. The number of carbonyl (C=O) groups excluding carboxylic acids is 1. The lowest BCUT2D eigenvalue weighted by Gasteiger charge is -2.23. The molecule has 0 aromatic heterocycles. The molecule has 2 rings (SSSR count). The van der Waals surface area contributed by atoms with Gasteiger partial charge in [0.05, 0.1) is 13.2 Å². The maximum absolute atomic E-state index is 12.0. The normalized spacial score (nSPS) is 18.7. The Labute approximate surface area is 126 Å². The molecule has 5 nitrogen and oxygen atoms in total. The number of anilines is 1. The van der Waals surface area contributed by atoms with Crippen LogP contribution < -0.4 is 10.6 Å². The van der Waals surface area contributed by atoms with Crippen molar-refractivity contribution >= 4 is 11.6 Å². The van der Waals surface area contributed by atoms with Crippen molar-refractivity contribution in [1.82, 2.24) is 10.2 Å². The van der Waals surface area contributed by atoms with E-state index >= 15 is 0 Å². The number of benzene rings is 1. The number of morpholine rings is 1. The summed E-state index contributed by atoms with van der Waals surface area (Å²) in [5.74, 6) is 0.0269. The number of hydrogen-bond donors (Lipinski definition) is 2. The molecular weight excluding hydrogens is 266 g/mol. The average Bonchev–Trinajstić information content (AvgIpc) is 2.47. The molecule has 1 amide bonds. The molecule has 1 aromatic carbocycles. The van der Waals surface area contributed by atoms with Crippen LogP contribution in [-0.2, 0) is 16.0 Å². The van der Waals surface area contributed by atoms with Gasteiger partial charge in [0.25, 0.3) is 0 Å². The van der Waals surface area contributed by atoms with Crippen molar-refractivity contribution in [2.24, 2.45) is 0 Å². The summed E-state index contributed by atoms with van der Waals surface area (Å²) in [7, 11) is 4.13. The number of likely N-dealkylation sites (N-methyl/N-ethyl adjacent to an activating group) is 1. The minimum absolute atomic E-state index is 0.0269. The molecule has 0 spiro atoms. The molecule has 1 aliphatic heterocycles. The van der Waals surface area contributed by atoms with Gasteiger partial charge in [0.1, 0.15) is 0 Å². The number of carbonyl (C=O) groups is 1. The molecule has 0 aliphatic carbocycles. The lowest BCUT2D eigenvalue weighted by atomic mass is 10.1. The second-order valence-corrected chi connectivity index (χ2v) is 5.73. The molecule has 1 aliphatic rings. The largest absolute Gasteiger partial charge is 0.378 e. The summed E-state index contributed by atoms with van der Waals surface area (Å²) in [4.78, 5) is 14.1. The fourth-order valence-electron chi connectivity index (χ4n) is 2.29. The van der Waals surface area contributed by atoms with E-state index in [1.165, 1.54) is 5.56 Å². The van der Waals surface area contributed by atoms with Crippen LogP contribution in [0.25, 0.3) is 0 Å². The Bertz CT molecular complexity index is 439. The summed E-state index contributed by atoms with van der Waals surface area (Å²) in [6.07, 6.45) is 1.47. The zero-order valence-corrected chi connectivity index (χ0v) is 12.9. The summed E-state index contributed by atoms with van der Waals surface area (Å²) in [6.45, 7) is 3.18. The minimum Gasteiger partial charge on any atom is -0.378 e. The highest BCUT2D eigenvalue weighted by Gasteiger charge is 2.16. The summed E-state index contributed by atoms with van der Waals surface area (Å²) in [6, 6.07) is 8.20. The van der Waals surface area contributed by atoms with Crippen LogP contribution >= 0.6 is 0 Å². The Balaban J connectivity index is 1.77. The van der Waals surface area contributed by atoms with E-state index in [1.54, 1.807) is 0 Å². The third-order valence-electron chi connectivity index (χ3n) is 3.52. The molecular formula is C16H25N3O2. The van der Waals surface area contributed by atoms with Crippen LogP contribution in [0.2, 0.25) is 0 Å². The molecule has 1 fully saturated rings. The first kappa shape index (κ1) is 15.9. The Morgan fingerprint density at radius 3 is 2.76 bits per heavy atom. The number of rotatable bonds is 6. The quantitative estimate of drug-likeness (QED) is 0.824. The molecule has 1 unspecified atom stereocenters. The summed E-state index contributed by atoms with van der Waals surface area (Å²) >= 11 is 0. The number of ether oxygens (including phenoxy) is 1. The van der Waals surface area contributed by atoms with E-state index in [-0.39, 0.29) is 11.9 Å². The molecule has 2 N–H and O–H groups in total. The van der Waals surface area contributed by atoms with E-state index in [1.807, 2.05) is 12.1 Å². The first-order valence-electron chi connectivity index (χ1n) is 7.48. The van der Waals surface area contributed by atoms with Crippen LogP contribution in [0.1, 0.15) is 12.0 Å². The lowest BCUT2D eigenvalue weighted by Crippen LogP contribution is -2.43. The van der Waals surface area contributed by atoms with Crippen molar-refractivity contribution in [3.63, 3.8) is 0 Å². The number of amides is 1. The SMILES string of the molecule is CN(C)CCc1ccc(NC(=O)CC2COCCN2)cc1. The van der Waals surface area contributed by atoms with Gasteiger partial charge < -0.3 is 20.3 Å². The van der Waals surface area contributed by atoms with Crippen molar-refractivity contribution in [2.45, 2.75) is 18.9 Å². The van der Waals surface area contributed by atoms with Gasteiger partial charge in [0.15, 0.2) is 0 Å². The lowest BCUT2D eigenvalue weighted by molar-refractivity contribution is -0.117. The van der Waals surface area contributed by atoms with E-state index in [9.17, 15) is 4.79 Å². The molecule has 21 heavy (non-hydrogen) atoms. The van der Waals surface area contributed by atoms with Crippen molar-refractivity contribution < 1.29 is 9.53 Å². The standard InChI is InChI=1S/C16H25N3O2/c1-19(2)9-7-13-3-5-14(6-4-13)18-16(20)11-15-12-21-10-8-17-15/h3-6,15,17H,7-12H2,1-2H3,(H,18,20). The van der Waals surface area contributed by atoms with Gasteiger partial charge in [-0.05, 0) is 38.2 Å². The smallest absolute Gasteiger partial charge is 0.226 e. The highest BCUT2D eigenvalue weighted by molar-refractivity contribution is 5.91. The third-order valence-corrected chi connectivity index (χ3v) is 3.52. The van der Waals surface area contributed by atoms with Crippen molar-refractivity contribution in [3.05, 3.63) is 29.8 Å². The predicted octanol–water partition coefficient (Wildman–Crippen LogP) is 1.11. The van der Waals surface area contributed by atoms with E-state index in [2.05, 4.69) is 41.8 Å². The van der Waals surface area contributed by atoms with E-state index in [0.717, 1.165) is 31.8 Å². The monoisotopic (exact) mass is 291 g/mol. The van der Waals surface area contributed by atoms with E-state index in [0.29, 0.717) is 13.0 Å². The third kappa shape index (κ3) is 5.83. The van der Waals surface area contributed by atoms with Crippen LogP contribution in [0.5, 0.6) is 0 Å². The fourth-order valence-corrected chi connectivity index (χ4v) is 2.29. The van der Waals surface area contributed by atoms with Gasteiger partial charge in [0, 0.05) is 31.2 Å². The number of nitrogens with zero attached hydrogens (tertiary/aromatic N) is 1. The Kier molecular flexibility index (Phi) is 6.17. The molecule has 1 heterocycles. The molecule has 0 saturated carbocycles. The maximum atomic E-state index is 12.0. The highest BCUT2D eigenvalue weighted by Crippen LogP contribution is 2.11. The Morgan fingerprint density at radius 1 is 1.38 bits per heavy atom. The van der Waals surface area contributed by atoms with E-state index < -0.39 is 0 Å². The predicted molar refractivity (Wildman–Crippen MR) is 84.6 cm³/mol. The molecule has 0 bridgehead atoms. The van der Waals surface area contributed by atoms with Crippen LogP contribution in [-0.4, -0.2) is 57.2 Å². The summed E-state index contributed by atoms with van der Waals surface area (Å²) in [5.41, 5.74) is 2.13. The van der Waals surface area contributed by atoms with Gasteiger partial charge >= 0.3 is 0 Å². The molecule has 1 atom stereocenters. The van der Waals surface area contributed by atoms with Crippen LogP contribution in [0.3, 0.4) is 0 Å². The second kappa shape index (κ2) is 8.12. The first-order chi connectivity index (χ1) is 10.1. The van der Waals surface area contributed by atoms with Crippen LogP contribution in [0, 0.1) is 0 Å². The Morgan fingerprint density at radius 2 is 2.14 bits per heavy atom. The van der Waals surface area contributed by atoms with Gasteiger partial charge in [-0.3, -0.25) is 4.79 Å². The molecule has 5 heteroatoms. The van der Waals surface area contributed by atoms with Crippen LogP contribution in [0.4, 0.5) is 5.69 Å². The van der Waals surface area contributed by atoms with Gasteiger partial charge in [-0.25, -0.2) is 0 Å². The molecule has 1 saturated heterocycles. The molecule has 0 radical (unpaired) electrons. The summed E-state index contributed by atoms with van der Waals surface area (Å²) < 4.78 is 5.35. The van der Waals surface area contributed by atoms with Crippen molar-refractivity contribution in [1.29, 1.82) is 0 Å². The van der Waals surface area contributed by atoms with Crippen molar-refractivity contribution in [3.8, 4) is 0 Å². The average molecular weight is 291 g/mol. The van der Waals surface area contributed by atoms with Crippen LogP contribution in [0.15, 0.2) is 24.3 Å². The van der Waals surface area contributed by atoms with Gasteiger partial charge in [0.2, 0.25) is 5.91 Å². The van der Waals surface area contributed by atoms with Gasteiger partial charge in [-0.2, -0.15) is 0 Å². The Hall–Kier alpha value is -1.43. The summed E-state index contributed by atoms with van der Waals surface area (Å²) in [5, 5.41) is 6.22. The van der Waals surface area contributed by atoms with Crippen molar-refractivity contribution in [2.75, 3.05) is 45.7 Å². The molecule has 1 aromatic rings. The van der Waals surface area contributed by atoms with Gasteiger partial charge in [-0.15, -0.1) is 0 Å².